The maximum atomic E-state index is 12.3. The predicted octanol–water partition coefficient (Wildman–Crippen LogP) is 3.94. The van der Waals surface area contributed by atoms with Crippen LogP contribution in [0.4, 0.5) is 13.2 Å². The smallest absolute Gasteiger partial charge is 0.416 e. The molecule has 0 saturated carbocycles. The molecule has 0 unspecified atom stereocenters. The van der Waals surface area contributed by atoms with E-state index in [4.69, 9.17) is 0 Å². The first-order chi connectivity index (χ1) is 6.77. The number of hydrogen-bond acceptors (Lipinski definition) is 0. The van der Waals surface area contributed by atoms with Gasteiger partial charge < -0.3 is 5.32 Å². The van der Waals surface area contributed by atoms with Gasteiger partial charge in [-0.2, -0.15) is 20.2 Å². The molecule has 0 fully saturated rings. The molecule has 0 radical (unpaired) electrons. The van der Waals surface area contributed by atoms with Gasteiger partial charge in [-0.05, 0) is 12.1 Å². The quantitative estimate of drug-likeness (QED) is 0.710. The summed E-state index contributed by atoms with van der Waals surface area (Å²) in [6.45, 7) is 3.71. The van der Waals surface area contributed by atoms with E-state index in [1.54, 1.807) is 7.05 Å². The Kier molecular flexibility index (Phi) is 3.09. The first-order valence-electron chi connectivity index (χ1n) is 4.56. The molecule has 0 N–H and O–H groups in total. The van der Waals surface area contributed by atoms with E-state index in [9.17, 15) is 13.2 Å². The molecule has 0 aliphatic rings. The number of alkyl halides is 3. The zero-order valence-electron chi connectivity index (χ0n) is 8.89. The van der Waals surface area contributed by atoms with Crippen molar-refractivity contribution in [2.24, 2.45) is 0 Å². The van der Waals surface area contributed by atoms with Crippen molar-refractivity contribution in [1.82, 2.24) is 0 Å². The van der Waals surface area contributed by atoms with Gasteiger partial charge in [0, 0.05) is 0 Å². The van der Waals surface area contributed by atoms with Crippen molar-refractivity contribution in [2.45, 2.75) is 25.6 Å². The summed E-state index contributed by atoms with van der Waals surface area (Å²) >= 11 is 0. The molecular weight excluding hydrogens is 203 g/mol. The third-order valence-corrected chi connectivity index (χ3v) is 2.48. The molecule has 1 rings (SSSR count). The monoisotopic (exact) mass is 216 g/mol. The van der Waals surface area contributed by atoms with E-state index in [1.807, 2.05) is 13.8 Å². The van der Waals surface area contributed by atoms with Gasteiger partial charge >= 0.3 is 6.18 Å². The molecule has 0 saturated heterocycles. The summed E-state index contributed by atoms with van der Waals surface area (Å²) in [5.41, 5.74) is -0.291. The van der Waals surface area contributed by atoms with Gasteiger partial charge in [-0.3, -0.25) is 0 Å². The minimum absolute atomic E-state index is 0.440. The van der Waals surface area contributed by atoms with Crippen LogP contribution in [-0.4, -0.2) is 7.05 Å². The molecule has 1 aromatic carbocycles. The van der Waals surface area contributed by atoms with Crippen LogP contribution in [0.15, 0.2) is 24.3 Å². The number of hydrogen-bond donors (Lipinski definition) is 0. The Labute approximate surface area is 87.3 Å². The molecule has 0 aliphatic carbocycles. The van der Waals surface area contributed by atoms with Crippen LogP contribution in [0.1, 0.15) is 25.0 Å². The van der Waals surface area contributed by atoms with Crippen molar-refractivity contribution in [1.29, 1.82) is 0 Å². The van der Waals surface area contributed by atoms with Crippen molar-refractivity contribution >= 4 is 0 Å². The number of nitrogens with zero attached hydrogens (tertiary/aromatic N) is 1. The average Bonchev–Trinajstić information content (AvgIpc) is 2.17. The third-order valence-electron chi connectivity index (χ3n) is 2.48. The van der Waals surface area contributed by atoms with Crippen molar-refractivity contribution in [3.05, 3.63) is 40.7 Å². The molecule has 0 heterocycles. The summed E-state index contributed by atoms with van der Waals surface area (Å²) in [4.78, 5) is 0. The molecule has 0 aromatic heterocycles. The van der Waals surface area contributed by atoms with E-state index in [0.717, 1.165) is 17.7 Å². The van der Waals surface area contributed by atoms with Crippen LogP contribution in [0.5, 0.6) is 0 Å². The van der Waals surface area contributed by atoms with Gasteiger partial charge in [0.15, 0.2) is 0 Å². The highest BCUT2D eigenvalue weighted by atomic mass is 19.4. The first kappa shape index (κ1) is 12.0. The van der Waals surface area contributed by atoms with Gasteiger partial charge in [0.25, 0.3) is 0 Å². The van der Waals surface area contributed by atoms with E-state index < -0.39 is 17.3 Å². The molecule has 0 bridgehead atoms. The highest BCUT2D eigenvalue weighted by molar-refractivity contribution is 5.32. The minimum atomic E-state index is -4.27. The Bertz CT molecular complexity index is 325. The van der Waals surface area contributed by atoms with E-state index in [2.05, 4.69) is 5.32 Å². The highest BCUT2D eigenvalue weighted by Gasteiger charge is 2.30. The molecule has 15 heavy (non-hydrogen) atoms. The molecule has 84 valence electrons. The molecule has 0 aliphatic heterocycles. The zero-order chi connectivity index (χ0) is 11.7. The van der Waals surface area contributed by atoms with Crippen molar-refractivity contribution in [3.8, 4) is 0 Å². The van der Waals surface area contributed by atoms with Gasteiger partial charge in [0.2, 0.25) is 0 Å². The first-order valence-corrected chi connectivity index (χ1v) is 4.56. The lowest BCUT2D eigenvalue weighted by Gasteiger charge is -2.38. The van der Waals surface area contributed by atoms with Gasteiger partial charge in [-0.1, -0.05) is 31.5 Å². The molecule has 0 amide bonds. The molecule has 1 nitrogen and oxygen atoms in total. The summed E-state index contributed by atoms with van der Waals surface area (Å²) < 4.78 is 36.8. The van der Waals surface area contributed by atoms with Crippen LogP contribution in [0.25, 0.3) is 5.32 Å². The fraction of sp³-hybridized carbons (Fsp3) is 0.455. The Balaban J connectivity index is 3.01. The predicted molar refractivity (Wildman–Crippen MR) is 53.8 cm³/mol. The van der Waals surface area contributed by atoms with Crippen LogP contribution < -0.4 is 0 Å². The minimum Gasteiger partial charge on any atom is -0.656 e. The van der Waals surface area contributed by atoms with Crippen LogP contribution in [0.3, 0.4) is 0 Å². The lowest BCUT2D eigenvalue weighted by molar-refractivity contribution is -0.137. The zero-order valence-corrected chi connectivity index (χ0v) is 8.89. The molecule has 0 atom stereocenters. The van der Waals surface area contributed by atoms with Gasteiger partial charge in [0.05, 0.1) is 5.56 Å². The molecule has 0 spiro atoms. The van der Waals surface area contributed by atoms with Gasteiger partial charge in [0.1, 0.15) is 0 Å². The second kappa shape index (κ2) is 3.85. The number of halogens is 3. The van der Waals surface area contributed by atoms with E-state index in [0.29, 0.717) is 0 Å². The summed E-state index contributed by atoms with van der Waals surface area (Å²) in [7, 11) is 1.65. The molecular formula is C11H13F3N-. The van der Waals surface area contributed by atoms with E-state index in [-0.39, 0.29) is 0 Å². The third kappa shape index (κ3) is 2.72. The lowest BCUT2D eigenvalue weighted by atomic mass is 9.94. The van der Waals surface area contributed by atoms with E-state index in [1.165, 1.54) is 12.1 Å². The van der Waals surface area contributed by atoms with Crippen molar-refractivity contribution in [3.63, 3.8) is 0 Å². The Morgan fingerprint density at radius 2 is 1.33 bits per heavy atom. The Morgan fingerprint density at radius 1 is 0.933 bits per heavy atom. The van der Waals surface area contributed by atoms with Crippen molar-refractivity contribution < 1.29 is 13.2 Å². The summed E-state index contributed by atoms with van der Waals surface area (Å²) in [6, 6.07) is 5.11. The maximum Gasteiger partial charge on any atom is 0.416 e. The van der Waals surface area contributed by atoms with Crippen molar-refractivity contribution in [2.75, 3.05) is 7.05 Å². The maximum absolute atomic E-state index is 12.3. The highest BCUT2D eigenvalue weighted by Crippen LogP contribution is 2.32. The SMILES string of the molecule is C[N-]C(C)(C)c1ccc(C(F)(F)F)cc1. The molecule has 4 heteroatoms. The van der Waals surface area contributed by atoms with Gasteiger partial charge in [-0.25, -0.2) is 0 Å². The number of benzene rings is 1. The second-order valence-corrected chi connectivity index (χ2v) is 3.86. The lowest BCUT2D eigenvalue weighted by Crippen LogP contribution is -2.15. The fourth-order valence-electron chi connectivity index (χ4n) is 1.20. The Hall–Kier alpha value is -1.03. The summed E-state index contributed by atoms with van der Waals surface area (Å²) in [5.74, 6) is 0. The largest absolute Gasteiger partial charge is 0.656 e. The summed E-state index contributed by atoms with van der Waals surface area (Å²) in [5, 5.41) is 4.10. The topological polar surface area (TPSA) is 14.1 Å². The average molecular weight is 216 g/mol. The fourth-order valence-corrected chi connectivity index (χ4v) is 1.20. The van der Waals surface area contributed by atoms with Gasteiger partial charge in [-0.15, -0.1) is 5.54 Å². The van der Waals surface area contributed by atoms with Crippen LogP contribution in [0, 0.1) is 0 Å². The second-order valence-electron chi connectivity index (χ2n) is 3.86. The molecule has 1 aromatic rings. The van der Waals surface area contributed by atoms with Crippen LogP contribution in [0.2, 0.25) is 0 Å². The summed E-state index contributed by atoms with van der Waals surface area (Å²) in [6.07, 6.45) is -4.27. The van der Waals surface area contributed by atoms with E-state index >= 15 is 0 Å². The van der Waals surface area contributed by atoms with Crippen LogP contribution >= 0.6 is 0 Å². The normalized spacial score (nSPS) is 12.9. The Morgan fingerprint density at radius 3 is 1.67 bits per heavy atom. The van der Waals surface area contributed by atoms with Crippen LogP contribution in [-0.2, 0) is 11.7 Å². The number of rotatable bonds is 2. The standard InChI is InChI=1S/C11H13F3N/c1-10(2,15-3)8-4-6-9(7-5-8)11(12,13)14/h4-7H,1-3H3/q-1.